The molecule has 0 atom stereocenters. The van der Waals surface area contributed by atoms with Crippen LogP contribution in [-0.2, 0) is 12.5 Å². The zero-order chi connectivity index (χ0) is 11.4. The highest BCUT2D eigenvalue weighted by Crippen LogP contribution is 2.16. The minimum atomic E-state index is 0.246. The molecule has 0 N–H and O–H groups in total. The summed E-state index contributed by atoms with van der Waals surface area (Å²) in [6.07, 6.45) is 1.74. The Kier molecular flexibility index (Phi) is 3.85. The number of nitrogens with zero attached hydrogens (tertiary/aromatic N) is 1. The minimum absolute atomic E-state index is 0.246. The first-order valence-corrected chi connectivity index (χ1v) is 5.98. The predicted octanol–water partition coefficient (Wildman–Crippen LogP) is 3.75. The molecule has 0 bridgehead atoms. The van der Waals surface area contributed by atoms with Crippen molar-refractivity contribution in [2.24, 2.45) is 0 Å². The highest BCUT2D eigenvalue weighted by Gasteiger charge is 2.04. The number of oxazole rings is 1. The molecule has 1 heterocycles. The van der Waals surface area contributed by atoms with E-state index < -0.39 is 0 Å². The zero-order valence-electron chi connectivity index (χ0n) is 8.32. The average Bonchev–Trinajstić information content (AvgIpc) is 2.74. The zero-order valence-corrected chi connectivity index (χ0v) is 10.7. The molecule has 0 radical (unpaired) electrons. The van der Waals surface area contributed by atoms with Crippen molar-refractivity contribution < 1.29 is 9.15 Å². The molecule has 16 heavy (non-hydrogen) atoms. The molecule has 0 aliphatic heterocycles. The molecule has 0 aliphatic carbocycles. The average molecular weight is 303 g/mol. The summed E-state index contributed by atoms with van der Waals surface area (Å²) in [7, 11) is 0. The van der Waals surface area contributed by atoms with E-state index in [-0.39, 0.29) is 6.08 Å². The maximum atomic E-state index is 5.59. The maximum Gasteiger partial charge on any atom is 0.394 e. The van der Waals surface area contributed by atoms with Crippen molar-refractivity contribution in [1.29, 1.82) is 0 Å². The van der Waals surface area contributed by atoms with Crippen LogP contribution in [0.3, 0.4) is 0 Å². The van der Waals surface area contributed by atoms with Crippen molar-refractivity contribution in [3.63, 3.8) is 0 Å². The summed E-state index contributed by atoms with van der Waals surface area (Å²) in [5, 5.41) is 0. The van der Waals surface area contributed by atoms with Gasteiger partial charge in [-0.1, -0.05) is 28.1 Å². The molecule has 2 rings (SSSR count). The third-order valence-electron chi connectivity index (χ3n) is 1.92. The van der Waals surface area contributed by atoms with E-state index in [1.807, 2.05) is 24.3 Å². The smallest absolute Gasteiger partial charge is 0.394 e. The summed E-state index contributed by atoms with van der Waals surface area (Å²) in [4.78, 5) is 4.03. The molecule has 0 unspecified atom stereocenters. The Balaban J connectivity index is 1.96. The lowest BCUT2D eigenvalue weighted by Gasteiger charge is -2.01. The second-order valence-electron chi connectivity index (χ2n) is 3.16. The Hall–Kier alpha value is -1.00. The van der Waals surface area contributed by atoms with Gasteiger partial charge in [-0.25, -0.2) is 0 Å². The first kappa shape index (κ1) is 11.5. The number of benzene rings is 1. The van der Waals surface area contributed by atoms with Gasteiger partial charge in [0, 0.05) is 4.47 Å². The third-order valence-corrected chi connectivity index (χ3v) is 2.69. The molecule has 1 aromatic heterocycles. The largest absolute Gasteiger partial charge is 0.445 e. The van der Waals surface area contributed by atoms with Gasteiger partial charge < -0.3 is 9.15 Å². The van der Waals surface area contributed by atoms with Crippen LogP contribution < -0.4 is 4.74 Å². The lowest BCUT2D eigenvalue weighted by Crippen LogP contribution is -1.95. The number of alkyl halides is 1. The van der Waals surface area contributed by atoms with Crippen molar-refractivity contribution in [1.82, 2.24) is 4.98 Å². The molecule has 84 valence electrons. The lowest BCUT2D eigenvalue weighted by atomic mass is 10.2. The number of halogens is 2. The molecule has 0 amide bonds. The minimum Gasteiger partial charge on any atom is -0.445 e. The van der Waals surface area contributed by atoms with Gasteiger partial charge in [0.05, 0.1) is 11.6 Å². The van der Waals surface area contributed by atoms with E-state index in [1.54, 1.807) is 0 Å². The molecule has 0 saturated heterocycles. The lowest BCUT2D eigenvalue weighted by molar-refractivity contribution is 0.220. The SMILES string of the molecule is ClCc1coc(OCc2cccc(Br)c2)n1. The topological polar surface area (TPSA) is 35.3 Å². The van der Waals surface area contributed by atoms with Gasteiger partial charge >= 0.3 is 6.08 Å². The predicted molar refractivity (Wildman–Crippen MR) is 64.5 cm³/mol. The highest BCUT2D eigenvalue weighted by atomic mass is 79.9. The number of ether oxygens (including phenoxy) is 1. The molecular formula is C11H9BrClNO2. The normalized spacial score (nSPS) is 10.4. The third kappa shape index (κ3) is 3.00. The number of aromatic nitrogens is 1. The van der Waals surface area contributed by atoms with E-state index in [9.17, 15) is 0 Å². The summed E-state index contributed by atoms with van der Waals surface area (Å²) in [5.74, 6) is 0.323. The summed E-state index contributed by atoms with van der Waals surface area (Å²) in [6.45, 7) is 0.418. The molecule has 2 aromatic rings. The number of hydrogen-bond donors (Lipinski definition) is 0. The van der Waals surface area contributed by atoms with Crippen molar-refractivity contribution in [2.45, 2.75) is 12.5 Å². The van der Waals surface area contributed by atoms with Crippen LogP contribution >= 0.6 is 27.5 Å². The monoisotopic (exact) mass is 301 g/mol. The van der Waals surface area contributed by atoms with Gasteiger partial charge in [0.2, 0.25) is 0 Å². The van der Waals surface area contributed by atoms with Crippen LogP contribution in [0.15, 0.2) is 39.4 Å². The van der Waals surface area contributed by atoms with Crippen molar-refractivity contribution in [2.75, 3.05) is 0 Å². The highest BCUT2D eigenvalue weighted by molar-refractivity contribution is 9.10. The fraction of sp³-hybridized carbons (Fsp3) is 0.182. The van der Waals surface area contributed by atoms with Gasteiger partial charge in [0.1, 0.15) is 12.9 Å². The Morgan fingerprint density at radius 3 is 3.00 bits per heavy atom. The van der Waals surface area contributed by atoms with Gasteiger partial charge in [0.15, 0.2) is 0 Å². The van der Waals surface area contributed by atoms with E-state index in [1.165, 1.54) is 6.26 Å². The standard InChI is InChI=1S/C11H9BrClNO2/c12-9-3-1-2-8(4-9)6-15-11-14-10(5-13)7-16-11/h1-4,7H,5-6H2. The van der Waals surface area contributed by atoms with E-state index in [0.29, 0.717) is 18.2 Å². The van der Waals surface area contributed by atoms with Crippen LogP contribution in [0, 0.1) is 0 Å². The number of rotatable bonds is 4. The quantitative estimate of drug-likeness (QED) is 0.807. The first-order chi connectivity index (χ1) is 7.78. The molecular weight excluding hydrogens is 293 g/mol. The Morgan fingerprint density at radius 1 is 1.44 bits per heavy atom. The maximum absolute atomic E-state index is 5.59. The van der Waals surface area contributed by atoms with Gasteiger partial charge in [-0.05, 0) is 17.7 Å². The fourth-order valence-electron chi connectivity index (χ4n) is 1.19. The van der Waals surface area contributed by atoms with Crippen molar-refractivity contribution in [3.05, 3.63) is 46.3 Å². The summed E-state index contributed by atoms with van der Waals surface area (Å²) in [6, 6.07) is 7.85. The Morgan fingerprint density at radius 2 is 2.31 bits per heavy atom. The van der Waals surface area contributed by atoms with Gasteiger partial charge in [-0.15, -0.1) is 11.6 Å². The van der Waals surface area contributed by atoms with Crippen molar-refractivity contribution >= 4 is 27.5 Å². The summed E-state index contributed by atoms with van der Waals surface area (Å²) < 4.78 is 11.5. The molecule has 5 heteroatoms. The second kappa shape index (κ2) is 5.37. The van der Waals surface area contributed by atoms with Crippen LogP contribution in [0.4, 0.5) is 0 Å². The van der Waals surface area contributed by atoms with E-state index >= 15 is 0 Å². The fourth-order valence-corrected chi connectivity index (χ4v) is 1.76. The summed E-state index contributed by atoms with van der Waals surface area (Å²) >= 11 is 8.99. The Labute approximate surface area is 107 Å². The van der Waals surface area contributed by atoms with Crippen LogP contribution in [0.1, 0.15) is 11.3 Å². The molecule has 3 nitrogen and oxygen atoms in total. The van der Waals surface area contributed by atoms with Crippen LogP contribution in [0.5, 0.6) is 6.08 Å². The molecule has 0 fully saturated rings. The molecule has 0 saturated carbocycles. The summed E-state index contributed by atoms with van der Waals surface area (Å²) in [5.41, 5.74) is 1.71. The Bertz CT molecular complexity index is 473. The van der Waals surface area contributed by atoms with Gasteiger partial charge in [-0.3, -0.25) is 0 Å². The molecule has 1 aromatic carbocycles. The van der Waals surface area contributed by atoms with E-state index in [0.717, 1.165) is 10.0 Å². The van der Waals surface area contributed by atoms with Crippen LogP contribution in [0.25, 0.3) is 0 Å². The second-order valence-corrected chi connectivity index (χ2v) is 4.34. The van der Waals surface area contributed by atoms with E-state index in [4.69, 9.17) is 20.8 Å². The molecule has 0 spiro atoms. The first-order valence-electron chi connectivity index (χ1n) is 4.65. The van der Waals surface area contributed by atoms with Crippen LogP contribution in [0.2, 0.25) is 0 Å². The van der Waals surface area contributed by atoms with Gasteiger partial charge in [0.25, 0.3) is 0 Å². The number of hydrogen-bond acceptors (Lipinski definition) is 3. The molecule has 0 aliphatic rings. The van der Waals surface area contributed by atoms with Crippen LogP contribution in [-0.4, -0.2) is 4.98 Å². The van der Waals surface area contributed by atoms with Crippen molar-refractivity contribution in [3.8, 4) is 6.08 Å². The van der Waals surface area contributed by atoms with Gasteiger partial charge in [-0.2, -0.15) is 4.98 Å². The van der Waals surface area contributed by atoms with E-state index in [2.05, 4.69) is 20.9 Å².